The number of piperazine rings is 2. The van der Waals surface area contributed by atoms with E-state index in [1.807, 2.05) is 68.1 Å². The monoisotopic (exact) mass is 1250 g/mol. The molecule has 0 spiro atoms. The lowest BCUT2D eigenvalue weighted by atomic mass is 9.66. The van der Waals surface area contributed by atoms with Gasteiger partial charge in [0, 0.05) is 98.8 Å². The van der Waals surface area contributed by atoms with Gasteiger partial charge in [-0.05, 0) is 104 Å². The van der Waals surface area contributed by atoms with Crippen LogP contribution in [-0.2, 0) is 29.2 Å². The molecule has 22 heteroatoms. The molecule has 6 heterocycles. The van der Waals surface area contributed by atoms with E-state index in [2.05, 4.69) is 20.2 Å². The number of carboxylic acid groups (broad SMARTS) is 1. The van der Waals surface area contributed by atoms with Crippen molar-refractivity contribution in [3.63, 3.8) is 0 Å². The number of unbranched alkanes of at least 4 members (excludes halogenated alkanes) is 6. The first-order valence-corrected chi connectivity index (χ1v) is 33.3. The zero-order valence-electron chi connectivity index (χ0n) is 51.1. The second-order valence-corrected chi connectivity index (χ2v) is 28.5. The number of benzene rings is 2. The highest BCUT2D eigenvalue weighted by atomic mass is 35.5. The minimum Gasteiger partial charge on any atom is -0.481 e. The van der Waals surface area contributed by atoms with Crippen molar-refractivity contribution >= 4 is 91.2 Å². The molecular weight excluding hydrogens is 1170 g/mol. The van der Waals surface area contributed by atoms with E-state index in [0.717, 1.165) is 87.4 Å². The first-order valence-electron chi connectivity index (χ1n) is 30.9. The number of carboxylic acids is 1. The van der Waals surface area contributed by atoms with Gasteiger partial charge in [0.1, 0.15) is 11.5 Å². The number of ketones is 1. The van der Waals surface area contributed by atoms with Crippen LogP contribution < -0.4 is 15.8 Å². The van der Waals surface area contributed by atoms with Crippen molar-refractivity contribution < 1.29 is 37.5 Å². The highest BCUT2D eigenvalue weighted by Crippen LogP contribution is 2.53. The second kappa shape index (κ2) is 27.9. The van der Waals surface area contributed by atoms with E-state index >= 15 is 4.79 Å². The summed E-state index contributed by atoms with van der Waals surface area (Å²) in [4.78, 5) is 102. The number of aromatic nitrogens is 4. The largest absolute Gasteiger partial charge is 0.481 e. The number of hydrogen-bond donors (Lipinski definition) is 2. The van der Waals surface area contributed by atoms with Crippen LogP contribution in [0.1, 0.15) is 176 Å². The Kier molecular flexibility index (Phi) is 20.9. The molecule has 3 aliphatic heterocycles. The number of likely N-dealkylation sites (tertiary alicyclic amines) is 1. The van der Waals surface area contributed by atoms with Crippen LogP contribution in [0.5, 0.6) is 0 Å². The number of fused-ring (bicyclic) bond motifs is 1. The number of aryl methyl sites for hydroxylation is 1. The minimum absolute atomic E-state index is 0.000115. The van der Waals surface area contributed by atoms with Crippen LogP contribution in [0.4, 0.5) is 17.5 Å². The van der Waals surface area contributed by atoms with Gasteiger partial charge in [0.2, 0.25) is 33.7 Å². The Balaban J connectivity index is 0.686. The maximum Gasteiger partial charge on any atom is 0.304 e. The number of piperidine rings is 1. The van der Waals surface area contributed by atoms with E-state index in [4.69, 9.17) is 28.2 Å². The van der Waals surface area contributed by atoms with Gasteiger partial charge in [-0.3, -0.25) is 33.3 Å². The summed E-state index contributed by atoms with van der Waals surface area (Å²) in [5, 5.41) is 15.0. The number of rotatable bonds is 23. The molecule has 1 aliphatic carbocycles. The number of hydrogen-bond acceptors (Lipinski definition) is 13. The smallest absolute Gasteiger partial charge is 0.304 e. The first kappa shape index (κ1) is 65.0. The third-order valence-electron chi connectivity index (χ3n) is 18.3. The van der Waals surface area contributed by atoms with Crippen LogP contribution >= 0.6 is 23.2 Å². The maximum atomic E-state index is 15.1. The Morgan fingerprint density at radius 2 is 1.38 bits per heavy atom. The van der Waals surface area contributed by atoms with E-state index in [9.17, 15) is 37.5 Å². The lowest BCUT2D eigenvalue weighted by Crippen LogP contribution is -2.61. The molecule has 3 amide bonds. The lowest BCUT2D eigenvalue weighted by molar-refractivity contribution is -0.162. The number of halogens is 2. The Labute approximate surface area is 521 Å². The molecule has 4 atom stereocenters. The van der Waals surface area contributed by atoms with Crippen molar-refractivity contribution in [1.29, 1.82) is 0 Å². The number of carbonyl (C=O) groups is 5. The molecule has 0 radical (unpaired) electrons. The Hall–Kier alpha value is -6.48. The number of sulfonamides is 1. The van der Waals surface area contributed by atoms with E-state index in [1.165, 1.54) is 11.2 Å². The molecule has 3 saturated heterocycles. The average molecular weight is 1250 g/mol. The van der Waals surface area contributed by atoms with E-state index in [0.29, 0.717) is 77.4 Å². The van der Waals surface area contributed by atoms with Gasteiger partial charge in [0.25, 0.3) is 5.56 Å². The molecule has 5 aromatic rings. The van der Waals surface area contributed by atoms with Crippen LogP contribution in [0.15, 0.2) is 77.9 Å². The third-order valence-corrected chi connectivity index (χ3v) is 20.7. The van der Waals surface area contributed by atoms with Gasteiger partial charge in [-0.2, -0.15) is 9.29 Å². The van der Waals surface area contributed by atoms with E-state index in [-0.39, 0.29) is 67.4 Å². The number of nitrogens with one attached hydrogen (secondary N) is 1. The molecular formula is C65H84Cl2N10O9S. The van der Waals surface area contributed by atoms with Gasteiger partial charge in [0.05, 0.1) is 47.1 Å². The zero-order chi connectivity index (χ0) is 62.4. The van der Waals surface area contributed by atoms with Crippen molar-refractivity contribution in [3.8, 4) is 0 Å². The molecule has 1 saturated carbocycles. The van der Waals surface area contributed by atoms with Crippen LogP contribution in [0.3, 0.4) is 0 Å². The third kappa shape index (κ3) is 15.3. The van der Waals surface area contributed by atoms with Gasteiger partial charge < -0.3 is 30.0 Å². The molecule has 4 aliphatic rings. The molecule has 19 nitrogen and oxygen atoms in total. The fourth-order valence-corrected chi connectivity index (χ4v) is 15.8. The van der Waals surface area contributed by atoms with Crippen LogP contribution in [0.25, 0.3) is 11.0 Å². The van der Waals surface area contributed by atoms with Crippen molar-refractivity contribution in [2.45, 2.75) is 162 Å². The summed E-state index contributed by atoms with van der Waals surface area (Å²) in [7, 11) is -4.02. The summed E-state index contributed by atoms with van der Waals surface area (Å²) >= 11 is 12.9. The molecule has 0 bridgehead atoms. The van der Waals surface area contributed by atoms with Crippen LogP contribution in [-0.4, -0.2) is 146 Å². The topological polar surface area (TPSA) is 229 Å². The number of Topliss-reactive ketones (excluding diaryl/α,β-unsaturated/α-hetero) is 1. The quantitative estimate of drug-likeness (QED) is 0.0458. The standard InChI is InChI=1S/C65H84Cl2N10O9S/c1-43-52-41-69-63(71-60(52)76(49-19-14-15-20-49)61(83)58(43)44(2)78)70-54-28-27-50(40-68-54)72-29-31-73(32-30-72)55(79)21-12-10-8-7-9-11-13-22-56(80)74-33-35-75(36-34-74)87(85,86)42-53(64(3,4)5)77-59(45-23-25-47(66)26-24-45)51(46-17-16-18-48(67)37-46)38-65(6,62(77)84)39-57(81)82/h16-18,23-28,37,40-41,49,51,53,59H,7-15,19-22,29-36,38-39,42H2,1-6H3,(H,81,82)(H,68,69,70,71)/t51-,53-,59-,65-/m1/s1. The number of amides is 3. The number of nitrogens with zero attached hydrogens (tertiary/aromatic N) is 9. The molecule has 2 N–H and O–H groups in total. The molecule has 468 valence electrons. The van der Waals surface area contributed by atoms with Gasteiger partial charge in [-0.1, -0.05) is 120 Å². The highest BCUT2D eigenvalue weighted by molar-refractivity contribution is 7.89. The number of aliphatic carboxylic acids is 1. The average Bonchev–Trinajstić information content (AvgIpc) is 1.28. The van der Waals surface area contributed by atoms with Crippen molar-refractivity contribution in [2.75, 3.05) is 68.3 Å². The maximum absolute atomic E-state index is 15.1. The summed E-state index contributed by atoms with van der Waals surface area (Å²) in [6.45, 7) is 14.0. The number of carbonyl (C=O) groups excluding carboxylic acids is 4. The van der Waals surface area contributed by atoms with Crippen molar-refractivity contribution in [3.05, 3.63) is 116 Å². The number of pyridine rings is 2. The molecule has 2 aromatic carbocycles. The van der Waals surface area contributed by atoms with Crippen molar-refractivity contribution in [1.82, 2.24) is 38.5 Å². The Bertz CT molecular complexity index is 3490. The summed E-state index contributed by atoms with van der Waals surface area (Å²) in [5.41, 5.74) is 1.35. The summed E-state index contributed by atoms with van der Waals surface area (Å²) in [6, 6.07) is 16.7. The van der Waals surface area contributed by atoms with Gasteiger partial charge in [0.15, 0.2) is 5.78 Å². The molecule has 9 rings (SSSR count). The fourth-order valence-electron chi connectivity index (χ4n) is 13.5. The fraction of sp³-hybridized carbons (Fsp3) is 0.554. The predicted octanol–water partition coefficient (Wildman–Crippen LogP) is 11.1. The van der Waals surface area contributed by atoms with Crippen molar-refractivity contribution in [2.24, 2.45) is 10.8 Å². The minimum atomic E-state index is -4.02. The summed E-state index contributed by atoms with van der Waals surface area (Å²) in [5.74, 6) is -1.62. The molecule has 3 aromatic heterocycles. The molecule has 4 fully saturated rings. The van der Waals surface area contributed by atoms with Gasteiger partial charge in [-0.15, -0.1) is 0 Å². The lowest BCUT2D eigenvalue weighted by Gasteiger charge is -2.54. The van der Waals surface area contributed by atoms with Gasteiger partial charge >= 0.3 is 5.97 Å². The summed E-state index contributed by atoms with van der Waals surface area (Å²) < 4.78 is 32.4. The number of anilines is 3. The predicted molar refractivity (Wildman–Crippen MR) is 339 cm³/mol. The first-order chi connectivity index (χ1) is 41.4. The van der Waals surface area contributed by atoms with Crippen LogP contribution in [0, 0.1) is 17.8 Å². The SMILES string of the molecule is CC(=O)c1c(C)c2cnc(Nc3ccc(N4CCN(C(=O)CCCCCCCCCC(=O)N5CCN(S(=O)(=O)C[C@@H](N6C(=O)[C@@](C)(CC(=O)O)C[C@H](c7cccc(Cl)c7)[C@H]6c6ccc(Cl)cc6)C(C)(C)C)CC5)CC4)cn3)nc2n(C2CCCC2)c1=O. The zero-order valence-corrected chi connectivity index (χ0v) is 53.4. The normalized spacial score (nSPS) is 20.3. The summed E-state index contributed by atoms with van der Waals surface area (Å²) in [6.07, 6.45) is 14.3. The molecule has 0 unspecified atom stereocenters. The molecule has 87 heavy (non-hydrogen) atoms. The van der Waals surface area contributed by atoms with Crippen LogP contribution in [0.2, 0.25) is 10.0 Å². The Morgan fingerprint density at radius 1 is 0.770 bits per heavy atom. The second-order valence-electron chi connectivity index (χ2n) is 25.6. The van der Waals surface area contributed by atoms with E-state index < -0.39 is 62.9 Å². The van der Waals surface area contributed by atoms with E-state index in [1.54, 1.807) is 58.8 Å². The Morgan fingerprint density at radius 3 is 1.94 bits per heavy atom. The highest BCUT2D eigenvalue weighted by Gasteiger charge is 2.55. The van der Waals surface area contributed by atoms with Gasteiger partial charge in [-0.25, -0.2) is 18.4 Å².